The first kappa shape index (κ1) is 24.2. The van der Waals surface area contributed by atoms with Gasteiger partial charge in [-0.05, 0) is 30.0 Å². The zero-order chi connectivity index (χ0) is 21.8. The van der Waals surface area contributed by atoms with Crippen molar-refractivity contribution in [1.29, 1.82) is 0 Å². The molecular weight excluding hydrogens is 378 g/mol. The van der Waals surface area contributed by atoms with Crippen molar-refractivity contribution in [2.75, 3.05) is 46.4 Å². The van der Waals surface area contributed by atoms with Crippen LogP contribution in [0.4, 0.5) is 0 Å². The Morgan fingerprint density at radius 3 is 2.67 bits per heavy atom. The van der Waals surface area contributed by atoms with Crippen LogP contribution in [0.5, 0.6) is 0 Å². The van der Waals surface area contributed by atoms with Crippen molar-refractivity contribution in [3.8, 4) is 0 Å². The molecule has 1 saturated heterocycles. The van der Waals surface area contributed by atoms with Crippen molar-refractivity contribution >= 4 is 11.9 Å². The van der Waals surface area contributed by atoms with Crippen LogP contribution in [0.3, 0.4) is 0 Å². The third-order valence-corrected chi connectivity index (χ3v) is 5.06. The minimum absolute atomic E-state index is 0.0144. The lowest BCUT2D eigenvalue weighted by molar-refractivity contribution is -0.0284. The second-order valence-corrected chi connectivity index (χ2v) is 8.26. The van der Waals surface area contributed by atoms with E-state index in [-0.39, 0.29) is 12.0 Å². The molecule has 1 aromatic carbocycles. The van der Waals surface area contributed by atoms with Crippen LogP contribution in [-0.2, 0) is 11.3 Å². The summed E-state index contributed by atoms with van der Waals surface area (Å²) >= 11 is 0. The molecule has 168 valence electrons. The molecule has 3 N–H and O–H groups in total. The highest BCUT2D eigenvalue weighted by molar-refractivity contribution is 5.94. The number of guanidine groups is 1. The predicted molar refractivity (Wildman–Crippen MR) is 123 cm³/mol. The van der Waals surface area contributed by atoms with Crippen LogP contribution in [0.15, 0.2) is 29.3 Å². The van der Waals surface area contributed by atoms with Crippen molar-refractivity contribution in [3.05, 3.63) is 35.4 Å². The van der Waals surface area contributed by atoms with E-state index in [1.807, 2.05) is 24.3 Å². The summed E-state index contributed by atoms with van der Waals surface area (Å²) < 4.78 is 5.89. The van der Waals surface area contributed by atoms with Crippen LogP contribution in [0.1, 0.15) is 49.5 Å². The number of ether oxygens (including phenoxy) is 1. The van der Waals surface area contributed by atoms with Gasteiger partial charge < -0.3 is 20.7 Å². The second-order valence-electron chi connectivity index (χ2n) is 8.26. The van der Waals surface area contributed by atoms with E-state index >= 15 is 0 Å². The van der Waals surface area contributed by atoms with Gasteiger partial charge in [0.15, 0.2) is 5.96 Å². The maximum Gasteiger partial charge on any atom is 0.251 e. The first-order valence-electron chi connectivity index (χ1n) is 11.2. The first-order valence-corrected chi connectivity index (χ1v) is 11.2. The molecule has 2 rings (SSSR count). The number of hydrogen-bond donors (Lipinski definition) is 3. The third kappa shape index (κ3) is 8.71. The van der Waals surface area contributed by atoms with Crippen LogP contribution in [0, 0.1) is 5.92 Å². The van der Waals surface area contributed by atoms with Gasteiger partial charge in [-0.2, -0.15) is 0 Å². The first-order chi connectivity index (χ1) is 14.5. The molecule has 0 radical (unpaired) electrons. The molecule has 0 bridgehead atoms. The van der Waals surface area contributed by atoms with Gasteiger partial charge >= 0.3 is 0 Å². The SMILES string of the molecule is CCCCNC(=O)c1ccc(CNC(=NC)NCC2CN(CC(C)C)CCO2)cc1. The van der Waals surface area contributed by atoms with Crippen molar-refractivity contribution in [3.63, 3.8) is 0 Å². The van der Waals surface area contributed by atoms with Crippen LogP contribution in [0.25, 0.3) is 0 Å². The maximum absolute atomic E-state index is 12.1. The summed E-state index contributed by atoms with van der Waals surface area (Å²) in [5.41, 5.74) is 1.79. The summed E-state index contributed by atoms with van der Waals surface area (Å²) in [6.45, 7) is 12.6. The van der Waals surface area contributed by atoms with Gasteiger partial charge in [0.1, 0.15) is 0 Å². The van der Waals surface area contributed by atoms with Crippen LogP contribution >= 0.6 is 0 Å². The zero-order valence-electron chi connectivity index (χ0n) is 19.0. The van der Waals surface area contributed by atoms with Gasteiger partial charge in [0.2, 0.25) is 0 Å². The highest BCUT2D eigenvalue weighted by atomic mass is 16.5. The number of nitrogens with zero attached hydrogens (tertiary/aromatic N) is 2. The summed E-state index contributed by atoms with van der Waals surface area (Å²) in [5, 5.41) is 9.63. The Morgan fingerprint density at radius 1 is 1.23 bits per heavy atom. The lowest BCUT2D eigenvalue weighted by atomic mass is 10.1. The second kappa shape index (κ2) is 13.2. The Hall–Kier alpha value is -2.12. The number of benzene rings is 1. The molecule has 1 aliphatic rings. The standard InChI is InChI=1S/C23H39N5O2/c1-5-6-11-25-22(29)20-9-7-19(8-10-20)14-26-23(24-4)27-15-21-17-28(12-13-30-21)16-18(2)3/h7-10,18,21H,5-6,11-17H2,1-4H3,(H,25,29)(H2,24,26,27). The fourth-order valence-electron chi connectivity index (χ4n) is 3.46. The summed E-state index contributed by atoms with van der Waals surface area (Å²) in [5.74, 6) is 1.40. The molecular formula is C23H39N5O2. The Morgan fingerprint density at radius 2 is 2.00 bits per heavy atom. The molecule has 7 nitrogen and oxygen atoms in total. The third-order valence-electron chi connectivity index (χ3n) is 5.06. The van der Waals surface area contributed by atoms with Crippen LogP contribution < -0.4 is 16.0 Å². The predicted octanol–water partition coefficient (Wildman–Crippen LogP) is 2.24. The number of carbonyl (C=O) groups excluding carboxylic acids is 1. The Balaban J connectivity index is 1.74. The molecule has 1 aromatic rings. The summed E-state index contributed by atoms with van der Waals surface area (Å²) in [4.78, 5) is 18.9. The fourth-order valence-corrected chi connectivity index (χ4v) is 3.46. The van der Waals surface area contributed by atoms with Gasteiger partial charge in [-0.1, -0.05) is 39.3 Å². The molecule has 0 aliphatic carbocycles. The molecule has 0 saturated carbocycles. The average molecular weight is 418 g/mol. The summed E-state index contributed by atoms with van der Waals surface area (Å²) in [6, 6.07) is 7.69. The minimum Gasteiger partial charge on any atom is -0.374 e. The van der Waals surface area contributed by atoms with E-state index in [0.717, 1.165) is 63.7 Å². The number of rotatable bonds is 10. The van der Waals surface area contributed by atoms with Crippen LogP contribution in [0.2, 0.25) is 0 Å². The number of unbranched alkanes of at least 4 members (excludes halogenated alkanes) is 1. The number of carbonyl (C=O) groups is 1. The molecule has 30 heavy (non-hydrogen) atoms. The average Bonchev–Trinajstić information content (AvgIpc) is 2.74. The van der Waals surface area contributed by atoms with Crippen molar-refractivity contribution in [2.45, 2.75) is 46.3 Å². The summed E-state index contributed by atoms with van der Waals surface area (Å²) in [7, 11) is 1.77. The quantitative estimate of drug-likeness (QED) is 0.309. The highest BCUT2D eigenvalue weighted by Crippen LogP contribution is 2.08. The van der Waals surface area contributed by atoms with Gasteiger partial charge in [0.25, 0.3) is 5.91 Å². The van der Waals surface area contributed by atoms with Gasteiger partial charge in [-0.3, -0.25) is 14.7 Å². The molecule has 1 fully saturated rings. The molecule has 0 spiro atoms. The van der Waals surface area contributed by atoms with Gasteiger partial charge in [-0.25, -0.2) is 0 Å². The smallest absolute Gasteiger partial charge is 0.251 e. The molecule has 1 aliphatic heterocycles. The van der Waals surface area contributed by atoms with Gasteiger partial charge in [0.05, 0.1) is 12.7 Å². The van der Waals surface area contributed by atoms with E-state index in [1.165, 1.54) is 0 Å². The normalized spacial score (nSPS) is 17.8. The van der Waals surface area contributed by atoms with Gasteiger partial charge in [-0.15, -0.1) is 0 Å². The lowest BCUT2D eigenvalue weighted by Crippen LogP contribution is -2.50. The Kier molecular flexibility index (Phi) is 10.7. The topological polar surface area (TPSA) is 78.0 Å². The van der Waals surface area contributed by atoms with E-state index in [1.54, 1.807) is 7.05 Å². The molecule has 1 heterocycles. The lowest BCUT2D eigenvalue weighted by Gasteiger charge is -2.34. The molecule has 7 heteroatoms. The Labute approximate surface area is 181 Å². The number of amides is 1. The highest BCUT2D eigenvalue weighted by Gasteiger charge is 2.21. The monoisotopic (exact) mass is 417 g/mol. The number of morpholine rings is 1. The van der Waals surface area contributed by atoms with E-state index < -0.39 is 0 Å². The summed E-state index contributed by atoms with van der Waals surface area (Å²) in [6.07, 6.45) is 2.24. The molecule has 1 unspecified atom stereocenters. The van der Waals surface area contributed by atoms with Crippen molar-refractivity contribution < 1.29 is 9.53 Å². The number of nitrogens with one attached hydrogen (secondary N) is 3. The molecule has 0 aromatic heterocycles. The van der Waals surface area contributed by atoms with Crippen LogP contribution in [-0.4, -0.2) is 69.2 Å². The number of aliphatic imine (C=N–C) groups is 1. The minimum atomic E-state index is -0.0144. The Bertz CT molecular complexity index is 660. The van der Waals surface area contributed by atoms with Crippen molar-refractivity contribution in [2.24, 2.45) is 10.9 Å². The zero-order valence-corrected chi connectivity index (χ0v) is 19.0. The van der Waals surface area contributed by atoms with E-state index in [9.17, 15) is 4.79 Å². The van der Waals surface area contributed by atoms with E-state index in [0.29, 0.717) is 18.0 Å². The van der Waals surface area contributed by atoms with E-state index in [4.69, 9.17) is 4.74 Å². The van der Waals surface area contributed by atoms with Crippen molar-refractivity contribution in [1.82, 2.24) is 20.9 Å². The largest absolute Gasteiger partial charge is 0.374 e. The fraction of sp³-hybridized carbons (Fsp3) is 0.652. The maximum atomic E-state index is 12.1. The van der Waals surface area contributed by atoms with Gasteiger partial charge in [0, 0.05) is 51.9 Å². The molecule has 1 amide bonds. The molecule has 1 atom stereocenters. The number of hydrogen-bond acceptors (Lipinski definition) is 4. The van der Waals surface area contributed by atoms with E-state index in [2.05, 4.69) is 46.6 Å².